The van der Waals surface area contributed by atoms with Gasteiger partial charge >= 0.3 is 10.4 Å². The van der Waals surface area contributed by atoms with E-state index in [2.05, 4.69) is 18.0 Å². The molecular formula is C29H52O10S. The second kappa shape index (κ2) is 11.0. The molecule has 6 unspecified atom stereocenters. The molecule has 4 saturated carbocycles. The molecule has 4 fully saturated rings. The maximum Gasteiger partial charge on any atom is 0.397 e. The zero-order chi connectivity index (χ0) is 30.1. The summed E-state index contributed by atoms with van der Waals surface area (Å²) in [5.41, 5.74) is -3.84. The van der Waals surface area contributed by atoms with Crippen molar-refractivity contribution in [3.8, 4) is 0 Å². The van der Waals surface area contributed by atoms with E-state index in [1.54, 1.807) is 0 Å². The highest BCUT2D eigenvalue weighted by molar-refractivity contribution is 7.80. The monoisotopic (exact) mass is 592 g/mol. The maximum atomic E-state index is 11.7. The first-order valence-electron chi connectivity index (χ1n) is 15.1. The summed E-state index contributed by atoms with van der Waals surface area (Å²) in [6.45, 7) is 9.05. The predicted molar refractivity (Wildman–Crippen MR) is 147 cm³/mol. The first kappa shape index (κ1) is 32.5. The van der Waals surface area contributed by atoms with E-state index in [4.69, 9.17) is 4.55 Å². The summed E-state index contributed by atoms with van der Waals surface area (Å²) in [6.07, 6.45) is 1.36. The predicted octanol–water partition coefficient (Wildman–Crippen LogP) is 2.05. The number of hydrogen-bond acceptors (Lipinski definition) is 9. The summed E-state index contributed by atoms with van der Waals surface area (Å²) in [4.78, 5) is 0. The topological polar surface area (TPSA) is 185 Å². The average Bonchev–Trinajstić information content (AvgIpc) is 3.05. The lowest BCUT2D eigenvalue weighted by Crippen LogP contribution is -2.69. The summed E-state index contributed by atoms with van der Waals surface area (Å²) >= 11 is 0. The van der Waals surface area contributed by atoms with Crippen molar-refractivity contribution in [2.75, 3.05) is 6.61 Å². The molecule has 14 atom stereocenters. The van der Waals surface area contributed by atoms with Gasteiger partial charge in [-0.05, 0) is 92.8 Å². The molecule has 234 valence electrons. The minimum Gasteiger partial charge on any atom is -0.393 e. The van der Waals surface area contributed by atoms with E-state index in [-0.39, 0.29) is 41.9 Å². The van der Waals surface area contributed by atoms with E-state index in [9.17, 15) is 39.1 Å². The van der Waals surface area contributed by atoms with Gasteiger partial charge in [0.2, 0.25) is 0 Å². The van der Waals surface area contributed by atoms with Gasteiger partial charge in [0.05, 0.1) is 42.2 Å². The van der Waals surface area contributed by atoms with Gasteiger partial charge in [-0.2, -0.15) is 8.42 Å². The van der Waals surface area contributed by atoms with E-state index >= 15 is 0 Å². The Balaban J connectivity index is 1.53. The van der Waals surface area contributed by atoms with E-state index in [1.165, 1.54) is 6.92 Å². The summed E-state index contributed by atoms with van der Waals surface area (Å²) in [5.74, 6) is -0.807. The van der Waals surface area contributed by atoms with Crippen LogP contribution in [0.4, 0.5) is 0 Å². The summed E-state index contributed by atoms with van der Waals surface area (Å²) < 4.78 is 35.5. The molecule has 40 heavy (non-hydrogen) atoms. The standard InChI is InChI=1S/C29H52O10S/c1-6-17(28(5,34)15-39-40(36,37)38)8-7-16(2)22-24(32)25(33)23-19-13-21(31)29(35)14-18(30)9-12-27(29,4)20(19)10-11-26(22,23)3/h16-25,30-35H,6-15H2,1-5H3,(H,36,37,38)/t16?,17-,18+,19?,20?,21-,22+,23?,24-,25?,26-,27-,28+,29?/m1/s1. The lowest BCUT2D eigenvalue weighted by Gasteiger charge is -2.65. The molecule has 0 spiro atoms. The van der Waals surface area contributed by atoms with Gasteiger partial charge in [-0.15, -0.1) is 0 Å². The van der Waals surface area contributed by atoms with Crippen LogP contribution in [0.25, 0.3) is 0 Å². The molecular weight excluding hydrogens is 540 g/mol. The molecule has 4 rings (SSSR count). The third-order valence-electron chi connectivity index (χ3n) is 12.4. The molecule has 7 N–H and O–H groups in total. The Morgan fingerprint density at radius 1 is 1.05 bits per heavy atom. The molecule has 4 aliphatic carbocycles. The Kier molecular flexibility index (Phi) is 8.92. The van der Waals surface area contributed by atoms with Crippen molar-refractivity contribution in [1.82, 2.24) is 0 Å². The molecule has 0 saturated heterocycles. The van der Waals surface area contributed by atoms with Crippen molar-refractivity contribution in [1.29, 1.82) is 0 Å². The number of aliphatic hydroxyl groups is 6. The molecule has 0 bridgehead atoms. The van der Waals surface area contributed by atoms with Gasteiger partial charge in [0.1, 0.15) is 0 Å². The van der Waals surface area contributed by atoms with Crippen LogP contribution in [0.3, 0.4) is 0 Å². The highest BCUT2D eigenvalue weighted by Crippen LogP contribution is 2.69. The minimum absolute atomic E-state index is 0.0191. The normalized spacial score (nSPS) is 48.4. The van der Waals surface area contributed by atoms with E-state index in [1.807, 2.05) is 13.8 Å². The first-order valence-corrected chi connectivity index (χ1v) is 16.5. The van der Waals surface area contributed by atoms with E-state index < -0.39 is 63.5 Å². The van der Waals surface area contributed by atoms with Gasteiger partial charge in [0.15, 0.2) is 0 Å². The zero-order valence-corrected chi connectivity index (χ0v) is 25.4. The third kappa shape index (κ3) is 5.30. The van der Waals surface area contributed by atoms with Gasteiger partial charge < -0.3 is 30.6 Å². The molecule has 0 heterocycles. The van der Waals surface area contributed by atoms with Gasteiger partial charge in [-0.1, -0.05) is 34.1 Å². The Hall–Kier alpha value is -0.370. The molecule has 0 aromatic carbocycles. The van der Waals surface area contributed by atoms with Crippen LogP contribution in [0.2, 0.25) is 0 Å². The van der Waals surface area contributed by atoms with Gasteiger partial charge in [-0.3, -0.25) is 4.55 Å². The number of hydrogen-bond donors (Lipinski definition) is 7. The molecule has 0 radical (unpaired) electrons. The summed E-state index contributed by atoms with van der Waals surface area (Å²) in [6, 6.07) is 0. The van der Waals surface area contributed by atoms with Gasteiger partial charge in [0, 0.05) is 11.8 Å². The average molecular weight is 593 g/mol. The van der Waals surface area contributed by atoms with Crippen LogP contribution in [0, 0.1) is 46.3 Å². The lowest BCUT2D eigenvalue weighted by molar-refractivity contribution is -0.268. The molecule has 0 amide bonds. The van der Waals surface area contributed by atoms with Crippen LogP contribution < -0.4 is 0 Å². The first-order chi connectivity index (χ1) is 18.3. The Morgan fingerprint density at radius 2 is 1.70 bits per heavy atom. The molecule has 10 nitrogen and oxygen atoms in total. The molecule has 11 heteroatoms. The van der Waals surface area contributed by atoms with Crippen molar-refractivity contribution in [2.24, 2.45) is 46.3 Å². The second-order valence-electron chi connectivity index (χ2n) is 14.5. The lowest BCUT2D eigenvalue weighted by atomic mass is 9.42. The van der Waals surface area contributed by atoms with Crippen LogP contribution in [0.15, 0.2) is 0 Å². The number of aliphatic hydroxyl groups excluding tert-OH is 4. The summed E-state index contributed by atoms with van der Waals surface area (Å²) in [5, 5.41) is 67.2. The van der Waals surface area contributed by atoms with Crippen LogP contribution >= 0.6 is 0 Å². The van der Waals surface area contributed by atoms with Crippen LogP contribution in [0.5, 0.6) is 0 Å². The third-order valence-corrected chi connectivity index (χ3v) is 12.9. The quantitative estimate of drug-likeness (QED) is 0.195. The van der Waals surface area contributed by atoms with Crippen LogP contribution in [-0.4, -0.2) is 85.8 Å². The Morgan fingerprint density at radius 3 is 2.30 bits per heavy atom. The van der Waals surface area contributed by atoms with Crippen molar-refractivity contribution < 1.29 is 47.8 Å². The SMILES string of the molecule is CC[C@H](CCC(C)[C@H]1[C@@H](O)C(O)C2C3C[C@@H](O)C4(O)C[C@@H](O)CC[C@]4(C)C3CC[C@@]21C)[C@@](C)(O)COS(=O)(=O)O. The van der Waals surface area contributed by atoms with Crippen molar-refractivity contribution >= 4 is 10.4 Å². The van der Waals surface area contributed by atoms with Gasteiger partial charge in [0.25, 0.3) is 0 Å². The van der Waals surface area contributed by atoms with E-state index in [0.29, 0.717) is 38.5 Å². The fourth-order valence-corrected chi connectivity index (χ4v) is 10.7. The fraction of sp³-hybridized carbons (Fsp3) is 1.00. The van der Waals surface area contributed by atoms with E-state index in [0.717, 1.165) is 12.8 Å². The Labute approximate surface area is 239 Å². The molecule has 0 aromatic rings. The second-order valence-corrected chi connectivity index (χ2v) is 15.6. The highest BCUT2D eigenvalue weighted by atomic mass is 32.3. The fourth-order valence-electron chi connectivity index (χ4n) is 10.3. The number of rotatable bonds is 9. The minimum atomic E-state index is -4.68. The van der Waals surface area contributed by atoms with Crippen molar-refractivity contribution in [3.05, 3.63) is 0 Å². The van der Waals surface area contributed by atoms with Crippen molar-refractivity contribution in [2.45, 2.75) is 128 Å². The largest absolute Gasteiger partial charge is 0.397 e. The van der Waals surface area contributed by atoms with Crippen LogP contribution in [-0.2, 0) is 14.6 Å². The van der Waals surface area contributed by atoms with Crippen molar-refractivity contribution in [3.63, 3.8) is 0 Å². The van der Waals surface area contributed by atoms with Crippen LogP contribution in [0.1, 0.15) is 92.4 Å². The zero-order valence-electron chi connectivity index (χ0n) is 24.6. The molecule has 0 aliphatic heterocycles. The Bertz CT molecular complexity index is 1020. The maximum absolute atomic E-state index is 11.7. The number of fused-ring (bicyclic) bond motifs is 5. The molecule has 0 aromatic heterocycles. The molecule has 4 aliphatic rings. The van der Waals surface area contributed by atoms with Gasteiger partial charge in [-0.25, -0.2) is 4.18 Å². The highest BCUT2D eigenvalue weighted by Gasteiger charge is 2.70. The summed E-state index contributed by atoms with van der Waals surface area (Å²) in [7, 11) is -4.68. The smallest absolute Gasteiger partial charge is 0.393 e.